The number of benzene rings is 3. The molecule has 3 nitrogen and oxygen atoms in total. The molecular formula is C32H35ClN2O. The van der Waals surface area contributed by atoms with Gasteiger partial charge < -0.3 is 4.74 Å². The van der Waals surface area contributed by atoms with Crippen molar-refractivity contribution in [2.24, 2.45) is 0 Å². The van der Waals surface area contributed by atoms with Crippen LogP contribution < -0.4 is 4.74 Å². The minimum atomic E-state index is 0.759. The number of rotatable bonds is 11. The van der Waals surface area contributed by atoms with Gasteiger partial charge in [0.2, 0.25) is 0 Å². The summed E-state index contributed by atoms with van der Waals surface area (Å²) < 4.78 is 5.90. The molecule has 0 fully saturated rings. The van der Waals surface area contributed by atoms with Gasteiger partial charge in [0.05, 0.1) is 12.8 Å². The largest absolute Gasteiger partial charge is 0.496 e. The third-order valence-corrected chi connectivity index (χ3v) is 6.94. The van der Waals surface area contributed by atoms with E-state index >= 15 is 0 Å². The number of hydrogen-bond donors (Lipinski definition) is 0. The fraction of sp³-hybridized carbons (Fsp3) is 0.281. The first-order valence-electron chi connectivity index (χ1n) is 12.8. The maximum atomic E-state index is 6.09. The molecule has 186 valence electrons. The lowest BCUT2D eigenvalue weighted by Gasteiger charge is -2.24. The number of pyridine rings is 1. The van der Waals surface area contributed by atoms with E-state index in [-0.39, 0.29) is 0 Å². The molecule has 0 saturated heterocycles. The summed E-state index contributed by atoms with van der Waals surface area (Å²) in [6, 6.07) is 27.4. The van der Waals surface area contributed by atoms with Crippen LogP contribution in [0, 0.1) is 0 Å². The summed E-state index contributed by atoms with van der Waals surface area (Å²) in [5.74, 6) is 0.887. The van der Waals surface area contributed by atoms with Crippen LogP contribution in [0.5, 0.6) is 5.75 Å². The number of nitrogens with zero attached hydrogens (tertiary/aromatic N) is 2. The maximum absolute atomic E-state index is 6.09. The number of aryl methyl sites for hydroxylation is 2. The van der Waals surface area contributed by atoms with Crippen LogP contribution in [0.3, 0.4) is 0 Å². The van der Waals surface area contributed by atoms with Crippen molar-refractivity contribution in [3.8, 4) is 17.0 Å². The lowest BCUT2D eigenvalue weighted by molar-refractivity contribution is 0.255. The zero-order valence-corrected chi connectivity index (χ0v) is 22.3. The number of aromatic nitrogens is 1. The van der Waals surface area contributed by atoms with Gasteiger partial charge >= 0.3 is 0 Å². The highest BCUT2D eigenvalue weighted by atomic mass is 35.5. The number of methoxy groups -OCH3 is 1. The highest BCUT2D eigenvalue weighted by molar-refractivity contribution is 6.30. The van der Waals surface area contributed by atoms with Crippen LogP contribution in [0.2, 0.25) is 5.02 Å². The predicted molar refractivity (Wildman–Crippen MR) is 151 cm³/mol. The first-order valence-corrected chi connectivity index (χ1v) is 13.1. The van der Waals surface area contributed by atoms with Crippen LogP contribution in [0.15, 0.2) is 85.1 Å². The van der Waals surface area contributed by atoms with E-state index in [1.165, 1.54) is 27.8 Å². The second-order valence-electron chi connectivity index (χ2n) is 9.11. The monoisotopic (exact) mass is 498 g/mol. The van der Waals surface area contributed by atoms with Crippen molar-refractivity contribution >= 4 is 11.6 Å². The number of ether oxygens (including phenoxy) is 1. The summed E-state index contributed by atoms with van der Waals surface area (Å²) in [5, 5.41) is 0.770. The first-order chi connectivity index (χ1) is 17.6. The van der Waals surface area contributed by atoms with Gasteiger partial charge in [0, 0.05) is 48.0 Å². The fourth-order valence-corrected chi connectivity index (χ4v) is 4.84. The van der Waals surface area contributed by atoms with E-state index in [1.807, 2.05) is 18.3 Å². The molecule has 0 saturated carbocycles. The van der Waals surface area contributed by atoms with E-state index in [9.17, 15) is 0 Å². The predicted octanol–water partition coefficient (Wildman–Crippen LogP) is 7.78. The fourth-order valence-electron chi connectivity index (χ4n) is 4.72. The second-order valence-corrected chi connectivity index (χ2v) is 9.55. The summed E-state index contributed by atoms with van der Waals surface area (Å²) in [5.41, 5.74) is 8.55. The highest BCUT2D eigenvalue weighted by Gasteiger charge is 2.16. The lowest BCUT2D eigenvalue weighted by atomic mass is 9.94. The summed E-state index contributed by atoms with van der Waals surface area (Å²) in [4.78, 5) is 7.40. The van der Waals surface area contributed by atoms with Gasteiger partial charge in [0.25, 0.3) is 0 Å². The Hall–Kier alpha value is -3.14. The minimum absolute atomic E-state index is 0.759. The molecule has 3 aromatic carbocycles. The molecule has 0 N–H and O–H groups in total. The molecule has 0 aliphatic rings. The number of halogens is 1. The molecule has 4 aromatic rings. The second kappa shape index (κ2) is 12.7. The van der Waals surface area contributed by atoms with Crippen molar-refractivity contribution in [1.29, 1.82) is 0 Å². The van der Waals surface area contributed by atoms with E-state index < -0.39 is 0 Å². The van der Waals surface area contributed by atoms with E-state index in [0.717, 1.165) is 60.9 Å². The van der Waals surface area contributed by atoms with Gasteiger partial charge in [-0.2, -0.15) is 0 Å². The quantitative estimate of drug-likeness (QED) is 0.211. The van der Waals surface area contributed by atoms with Crippen LogP contribution in [-0.4, -0.2) is 23.5 Å². The zero-order chi connectivity index (χ0) is 25.3. The molecule has 0 atom stereocenters. The Balaban J connectivity index is 1.60. The topological polar surface area (TPSA) is 25.4 Å². The molecule has 0 aliphatic heterocycles. The first kappa shape index (κ1) is 25.9. The highest BCUT2D eigenvalue weighted by Crippen LogP contribution is 2.32. The molecule has 36 heavy (non-hydrogen) atoms. The van der Waals surface area contributed by atoms with Crippen LogP contribution in [0.25, 0.3) is 11.3 Å². The third kappa shape index (κ3) is 6.54. The maximum Gasteiger partial charge on any atom is 0.127 e. The van der Waals surface area contributed by atoms with Crippen molar-refractivity contribution in [3.05, 3.63) is 118 Å². The molecule has 0 amide bonds. The van der Waals surface area contributed by atoms with Crippen molar-refractivity contribution in [3.63, 3.8) is 0 Å². The van der Waals surface area contributed by atoms with Crippen LogP contribution in [0.4, 0.5) is 0 Å². The van der Waals surface area contributed by atoms with Crippen LogP contribution in [-0.2, 0) is 32.4 Å². The van der Waals surface area contributed by atoms with Crippen molar-refractivity contribution < 1.29 is 4.74 Å². The molecule has 0 radical (unpaired) electrons. The van der Waals surface area contributed by atoms with Gasteiger partial charge in [-0.3, -0.25) is 9.88 Å². The van der Waals surface area contributed by atoms with E-state index in [1.54, 1.807) is 7.11 Å². The van der Waals surface area contributed by atoms with E-state index in [0.29, 0.717) is 0 Å². The standard InChI is InChI=1S/C32H35ClN2O/c1-4-26-12-9-13-27(5-2)32(26)30-20-31(36-3)28(21-34-30)23-35(22-25-10-7-6-8-11-25)19-18-24-14-16-29(33)17-15-24/h6-17,20-21H,4-5,18-19,22-23H2,1-3H3. The Kier molecular flexibility index (Phi) is 9.16. The van der Waals surface area contributed by atoms with Gasteiger partial charge in [-0.05, 0) is 53.6 Å². The molecule has 0 spiro atoms. The molecule has 1 heterocycles. The summed E-state index contributed by atoms with van der Waals surface area (Å²) in [7, 11) is 1.75. The van der Waals surface area contributed by atoms with Crippen LogP contribution in [0.1, 0.15) is 41.7 Å². The van der Waals surface area contributed by atoms with Gasteiger partial charge in [0.1, 0.15) is 5.75 Å². The normalized spacial score (nSPS) is 11.1. The third-order valence-electron chi connectivity index (χ3n) is 6.69. The molecule has 4 heteroatoms. The molecular weight excluding hydrogens is 464 g/mol. The smallest absolute Gasteiger partial charge is 0.127 e. The van der Waals surface area contributed by atoms with Gasteiger partial charge in [-0.25, -0.2) is 0 Å². The molecule has 1 aromatic heterocycles. The summed E-state index contributed by atoms with van der Waals surface area (Å²) >= 11 is 6.09. The average Bonchev–Trinajstić information content (AvgIpc) is 2.92. The Labute approximate surface area is 220 Å². The SMILES string of the molecule is CCc1cccc(CC)c1-c1cc(OC)c(CN(CCc2ccc(Cl)cc2)Cc2ccccc2)cn1. The van der Waals surface area contributed by atoms with Gasteiger partial charge in [-0.15, -0.1) is 0 Å². The van der Waals surface area contributed by atoms with Crippen molar-refractivity contribution in [1.82, 2.24) is 9.88 Å². The summed E-state index contributed by atoms with van der Waals surface area (Å²) in [6.07, 6.45) is 4.90. The summed E-state index contributed by atoms with van der Waals surface area (Å²) in [6.45, 7) is 6.94. The van der Waals surface area contributed by atoms with Crippen molar-refractivity contribution in [2.45, 2.75) is 46.2 Å². The Morgan fingerprint density at radius 2 is 1.47 bits per heavy atom. The lowest BCUT2D eigenvalue weighted by Crippen LogP contribution is -2.25. The van der Waals surface area contributed by atoms with Crippen LogP contribution >= 0.6 is 11.6 Å². The molecule has 0 aliphatic carbocycles. The number of hydrogen-bond acceptors (Lipinski definition) is 3. The van der Waals surface area contributed by atoms with Gasteiger partial charge in [0.15, 0.2) is 0 Å². The van der Waals surface area contributed by atoms with E-state index in [4.69, 9.17) is 21.3 Å². The molecule has 0 unspecified atom stereocenters. The minimum Gasteiger partial charge on any atom is -0.496 e. The average molecular weight is 499 g/mol. The van der Waals surface area contributed by atoms with Gasteiger partial charge in [-0.1, -0.05) is 86.1 Å². The Morgan fingerprint density at radius 3 is 2.11 bits per heavy atom. The molecule has 4 rings (SSSR count). The molecule has 0 bridgehead atoms. The zero-order valence-electron chi connectivity index (χ0n) is 21.5. The Bertz CT molecular complexity index is 1230. The van der Waals surface area contributed by atoms with E-state index in [2.05, 4.69) is 85.5 Å². The Morgan fingerprint density at radius 1 is 0.778 bits per heavy atom. The van der Waals surface area contributed by atoms with Crippen molar-refractivity contribution in [2.75, 3.05) is 13.7 Å².